The Morgan fingerprint density at radius 1 is 1.16 bits per heavy atom. The van der Waals surface area contributed by atoms with Gasteiger partial charge in [0.2, 0.25) is 0 Å². The third-order valence-electron chi connectivity index (χ3n) is 3.50. The lowest BCUT2D eigenvalue weighted by atomic mass is 9.97. The second-order valence-electron chi connectivity index (χ2n) is 5.25. The summed E-state index contributed by atoms with van der Waals surface area (Å²) in [4.78, 5) is 0. The van der Waals surface area contributed by atoms with Gasteiger partial charge in [-0.05, 0) is 32.4 Å². The molecule has 1 N–H and O–H groups in total. The molecule has 1 atom stereocenters. The zero-order valence-electron chi connectivity index (χ0n) is 13.0. The van der Waals surface area contributed by atoms with Crippen LogP contribution in [0.4, 0.5) is 0 Å². The number of benzene rings is 1. The van der Waals surface area contributed by atoms with Crippen molar-refractivity contribution >= 4 is 0 Å². The van der Waals surface area contributed by atoms with Gasteiger partial charge in [0.15, 0.2) is 0 Å². The van der Waals surface area contributed by atoms with Gasteiger partial charge in [0.25, 0.3) is 0 Å². The summed E-state index contributed by atoms with van der Waals surface area (Å²) in [6.07, 6.45) is 6.20. The van der Waals surface area contributed by atoms with Crippen LogP contribution in [0.1, 0.15) is 63.1 Å². The number of unbranched alkanes of at least 4 members (excludes halogenated alkanes) is 2. The average Bonchev–Trinajstić information content (AvgIpc) is 2.42. The number of hydrogen-bond acceptors (Lipinski definition) is 2. The maximum atomic E-state index is 5.53. The number of ether oxygens (including phenoxy) is 1. The van der Waals surface area contributed by atoms with Crippen molar-refractivity contribution in [3.8, 4) is 5.75 Å². The van der Waals surface area contributed by atoms with Crippen molar-refractivity contribution in [1.82, 2.24) is 5.32 Å². The number of hydrogen-bond donors (Lipinski definition) is 1. The molecule has 0 fully saturated rings. The van der Waals surface area contributed by atoms with Gasteiger partial charge >= 0.3 is 0 Å². The lowest BCUT2D eigenvalue weighted by Crippen LogP contribution is -2.22. The molecule has 0 aromatic heterocycles. The molecule has 0 bridgehead atoms. The van der Waals surface area contributed by atoms with Gasteiger partial charge in [0.05, 0.1) is 7.11 Å². The fourth-order valence-corrected chi connectivity index (χ4v) is 2.41. The first-order valence-corrected chi connectivity index (χ1v) is 7.60. The molecule has 0 aliphatic carbocycles. The molecule has 0 amide bonds. The Kier molecular flexibility index (Phi) is 7.57. The van der Waals surface area contributed by atoms with Gasteiger partial charge in [0, 0.05) is 11.6 Å². The third kappa shape index (κ3) is 5.23. The number of nitrogens with one attached hydrogen (secondary N) is 1. The Balaban J connectivity index is 2.84. The average molecular weight is 263 g/mol. The lowest BCUT2D eigenvalue weighted by Gasteiger charge is -2.22. The molecule has 1 aromatic rings. The molecule has 0 saturated carbocycles. The molecule has 1 unspecified atom stereocenters. The van der Waals surface area contributed by atoms with Crippen LogP contribution in [-0.2, 0) is 0 Å². The molecular weight excluding hydrogens is 234 g/mol. The summed E-state index contributed by atoms with van der Waals surface area (Å²) in [5.41, 5.74) is 2.61. The van der Waals surface area contributed by atoms with Crippen LogP contribution in [0.3, 0.4) is 0 Å². The quantitative estimate of drug-likeness (QED) is 0.656. The summed E-state index contributed by atoms with van der Waals surface area (Å²) in [7, 11) is 1.76. The molecule has 2 nitrogen and oxygen atoms in total. The van der Waals surface area contributed by atoms with E-state index in [1.165, 1.54) is 43.2 Å². The molecule has 0 saturated heterocycles. The van der Waals surface area contributed by atoms with E-state index < -0.39 is 0 Å². The minimum atomic E-state index is 0.418. The van der Waals surface area contributed by atoms with E-state index >= 15 is 0 Å². The van der Waals surface area contributed by atoms with E-state index in [1.807, 2.05) is 0 Å². The van der Waals surface area contributed by atoms with Crippen molar-refractivity contribution < 1.29 is 4.74 Å². The molecule has 0 heterocycles. The van der Waals surface area contributed by atoms with Crippen LogP contribution < -0.4 is 10.1 Å². The Labute approximate surface area is 118 Å². The highest BCUT2D eigenvalue weighted by molar-refractivity contribution is 5.39. The fraction of sp³-hybridized carbons (Fsp3) is 0.647. The highest BCUT2D eigenvalue weighted by atomic mass is 16.5. The first-order valence-electron chi connectivity index (χ1n) is 7.60. The zero-order valence-corrected chi connectivity index (χ0v) is 13.0. The van der Waals surface area contributed by atoms with Crippen LogP contribution in [0.15, 0.2) is 18.2 Å². The van der Waals surface area contributed by atoms with Crippen molar-refractivity contribution in [3.63, 3.8) is 0 Å². The highest BCUT2D eigenvalue weighted by Crippen LogP contribution is 2.29. The maximum Gasteiger partial charge on any atom is 0.123 e. The molecule has 1 rings (SSSR count). The van der Waals surface area contributed by atoms with Gasteiger partial charge in [0.1, 0.15) is 5.75 Å². The first-order chi connectivity index (χ1) is 9.22. The summed E-state index contributed by atoms with van der Waals surface area (Å²) in [5.74, 6) is 1.01. The zero-order chi connectivity index (χ0) is 14.1. The van der Waals surface area contributed by atoms with Crippen LogP contribution in [0.2, 0.25) is 0 Å². The molecular formula is C17H29NO. The largest absolute Gasteiger partial charge is 0.496 e. The van der Waals surface area contributed by atoms with Gasteiger partial charge in [-0.15, -0.1) is 0 Å². The van der Waals surface area contributed by atoms with Crippen molar-refractivity contribution in [2.75, 3.05) is 13.7 Å². The van der Waals surface area contributed by atoms with Gasteiger partial charge in [-0.25, -0.2) is 0 Å². The van der Waals surface area contributed by atoms with E-state index in [0.717, 1.165) is 12.3 Å². The molecule has 1 aromatic carbocycles. The summed E-state index contributed by atoms with van der Waals surface area (Å²) in [5, 5.41) is 3.67. The van der Waals surface area contributed by atoms with Crippen LogP contribution in [0, 0.1) is 6.92 Å². The van der Waals surface area contributed by atoms with Crippen LogP contribution in [0.25, 0.3) is 0 Å². The molecule has 19 heavy (non-hydrogen) atoms. The SMILES string of the molecule is CCCCCC(NCCC)c1cc(C)ccc1OC. The van der Waals surface area contributed by atoms with Crippen molar-refractivity contribution in [2.24, 2.45) is 0 Å². The van der Waals surface area contributed by atoms with Crippen molar-refractivity contribution in [3.05, 3.63) is 29.3 Å². The van der Waals surface area contributed by atoms with E-state index in [4.69, 9.17) is 4.74 Å². The predicted octanol–water partition coefficient (Wildman–Crippen LogP) is 4.62. The first kappa shape index (κ1) is 16.0. The van der Waals surface area contributed by atoms with E-state index in [1.54, 1.807) is 7.11 Å². The summed E-state index contributed by atoms with van der Waals surface area (Å²) in [6, 6.07) is 6.88. The standard InChI is InChI=1S/C17H29NO/c1-5-7-8-9-16(18-12-6-2)15-13-14(3)10-11-17(15)19-4/h10-11,13,16,18H,5-9,12H2,1-4H3. The molecule has 108 valence electrons. The minimum Gasteiger partial charge on any atom is -0.496 e. The van der Waals surface area contributed by atoms with Gasteiger partial charge in [-0.3, -0.25) is 0 Å². The molecule has 0 aliphatic rings. The Bertz CT molecular complexity index is 362. The van der Waals surface area contributed by atoms with E-state index in [9.17, 15) is 0 Å². The van der Waals surface area contributed by atoms with E-state index in [0.29, 0.717) is 6.04 Å². The summed E-state index contributed by atoms with van der Waals surface area (Å²) < 4.78 is 5.53. The minimum absolute atomic E-state index is 0.418. The van der Waals surface area contributed by atoms with Crippen LogP contribution in [0.5, 0.6) is 5.75 Å². The third-order valence-corrected chi connectivity index (χ3v) is 3.50. The molecule has 0 aliphatic heterocycles. The Hall–Kier alpha value is -1.02. The normalized spacial score (nSPS) is 12.4. The summed E-state index contributed by atoms with van der Waals surface area (Å²) >= 11 is 0. The van der Waals surface area contributed by atoms with Crippen LogP contribution in [-0.4, -0.2) is 13.7 Å². The monoisotopic (exact) mass is 263 g/mol. The lowest BCUT2D eigenvalue weighted by molar-refractivity contribution is 0.391. The van der Waals surface area contributed by atoms with E-state index in [2.05, 4.69) is 44.3 Å². The van der Waals surface area contributed by atoms with E-state index in [-0.39, 0.29) is 0 Å². The molecule has 2 heteroatoms. The smallest absolute Gasteiger partial charge is 0.123 e. The van der Waals surface area contributed by atoms with Crippen molar-refractivity contribution in [2.45, 2.75) is 58.9 Å². The van der Waals surface area contributed by atoms with Crippen molar-refractivity contribution in [1.29, 1.82) is 0 Å². The number of aryl methyl sites for hydroxylation is 1. The topological polar surface area (TPSA) is 21.3 Å². The Morgan fingerprint density at radius 3 is 2.58 bits per heavy atom. The Morgan fingerprint density at radius 2 is 1.95 bits per heavy atom. The highest BCUT2D eigenvalue weighted by Gasteiger charge is 2.15. The predicted molar refractivity (Wildman–Crippen MR) is 82.9 cm³/mol. The molecule has 0 radical (unpaired) electrons. The van der Waals surface area contributed by atoms with Gasteiger partial charge in [-0.1, -0.05) is 50.8 Å². The van der Waals surface area contributed by atoms with Gasteiger partial charge < -0.3 is 10.1 Å². The summed E-state index contributed by atoms with van der Waals surface area (Å²) in [6.45, 7) is 7.67. The van der Waals surface area contributed by atoms with Crippen LogP contribution >= 0.6 is 0 Å². The number of methoxy groups -OCH3 is 1. The fourth-order valence-electron chi connectivity index (χ4n) is 2.41. The second kappa shape index (κ2) is 8.98. The molecule has 0 spiro atoms. The number of rotatable bonds is 9. The second-order valence-corrected chi connectivity index (χ2v) is 5.25. The maximum absolute atomic E-state index is 5.53. The van der Waals surface area contributed by atoms with Gasteiger partial charge in [-0.2, -0.15) is 0 Å².